The van der Waals surface area contributed by atoms with Gasteiger partial charge >= 0.3 is 5.97 Å². The van der Waals surface area contributed by atoms with Crippen LogP contribution in [-0.2, 0) is 0 Å². The number of anilines is 1. The van der Waals surface area contributed by atoms with E-state index in [2.05, 4.69) is 15.2 Å². The Balaban J connectivity index is 1.79. The lowest BCUT2D eigenvalue weighted by molar-refractivity contribution is 0.0697. The SMILES string of the molecule is Cc1ccc(C(=O)O)c(NCCCN2CCCC(CO)C2)n1. The number of aryl methyl sites for hydroxylation is 1. The van der Waals surface area contributed by atoms with Crippen LogP contribution >= 0.6 is 0 Å². The van der Waals surface area contributed by atoms with Gasteiger partial charge in [-0.1, -0.05) is 0 Å². The minimum Gasteiger partial charge on any atom is -0.478 e. The number of aliphatic hydroxyl groups is 1. The molecule has 0 saturated carbocycles. The topological polar surface area (TPSA) is 85.7 Å². The molecule has 1 aliphatic heterocycles. The Hall–Kier alpha value is -1.66. The molecule has 0 aromatic carbocycles. The zero-order valence-electron chi connectivity index (χ0n) is 13.1. The third kappa shape index (κ3) is 4.68. The van der Waals surface area contributed by atoms with Crippen molar-refractivity contribution in [2.24, 2.45) is 5.92 Å². The van der Waals surface area contributed by atoms with Crippen LogP contribution in [0.5, 0.6) is 0 Å². The van der Waals surface area contributed by atoms with E-state index in [1.807, 2.05) is 6.92 Å². The van der Waals surface area contributed by atoms with E-state index in [0.717, 1.165) is 44.6 Å². The minimum atomic E-state index is -0.961. The van der Waals surface area contributed by atoms with E-state index in [9.17, 15) is 9.90 Å². The van der Waals surface area contributed by atoms with E-state index in [4.69, 9.17) is 5.11 Å². The largest absolute Gasteiger partial charge is 0.478 e. The number of carboxylic acid groups (broad SMARTS) is 1. The number of nitrogens with zero attached hydrogens (tertiary/aromatic N) is 2. The molecule has 1 fully saturated rings. The predicted molar refractivity (Wildman–Crippen MR) is 85.3 cm³/mol. The van der Waals surface area contributed by atoms with Crippen LogP contribution in [0.3, 0.4) is 0 Å². The van der Waals surface area contributed by atoms with E-state index in [0.29, 0.717) is 18.3 Å². The lowest BCUT2D eigenvalue weighted by atomic mass is 9.99. The summed E-state index contributed by atoms with van der Waals surface area (Å²) in [5.74, 6) is -0.116. The van der Waals surface area contributed by atoms with Crippen LogP contribution < -0.4 is 5.32 Å². The van der Waals surface area contributed by atoms with Crippen LogP contribution in [0.4, 0.5) is 5.82 Å². The van der Waals surface area contributed by atoms with Crippen molar-refractivity contribution in [2.45, 2.75) is 26.2 Å². The molecular formula is C16H25N3O3. The highest BCUT2D eigenvalue weighted by molar-refractivity contribution is 5.93. The number of aromatic nitrogens is 1. The Bertz CT molecular complexity index is 507. The third-order valence-electron chi connectivity index (χ3n) is 4.07. The average molecular weight is 307 g/mol. The molecule has 1 aromatic heterocycles. The average Bonchev–Trinajstić information content (AvgIpc) is 2.51. The number of piperidine rings is 1. The fraction of sp³-hybridized carbons (Fsp3) is 0.625. The maximum Gasteiger partial charge on any atom is 0.339 e. The van der Waals surface area contributed by atoms with Crippen LogP contribution in [-0.4, -0.2) is 58.9 Å². The van der Waals surface area contributed by atoms with Gasteiger partial charge in [-0.15, -0.1) is 0 Å². The molecule has 0 aliphatic carbocycles. The van der Waals surface area contributed by atoms with Crippen molar-refractivity contribution in [1.29, 1.82) is 0 Å². The van der Waals surface area contributed by atoms with Crippen molar-refractivity contribution in [3.05, 3.63) is 23.4 Å². The minimum absolute atomic E-state index is 0.212. The van der Waals surface area contributed by atoms with Gasteiger partial charge in [-0.2, -0.15) is 0 Å². The Kier molecular flexibility index (Phi) is 6.15. The van der Waals surface area contributed by atoms with Crippen LogP contribution in [0.1, 0.15) is 35.3 Å². The van der Waals surface area contributed by atoms with Gasteiger partial charge in [0.1, 0.15) is 11.4 Å². The normalized spacial score (nSPS) is 19.1. The maximum absolute atomic E-state index is 11.2. The van der Waals surface area contributed by atoms with Gasteiger partial charge in [0.15, 0.2) is 0 Å². The van der Waals surface area contributed by atoms with Crippen molar-refractivity contribution in [2.75, 3.05) is 38.1 Å². The van der Waals surface area contributed by atoms with Crippen molar-refractivity contribution < 1.29 is 15.0 Å². The lowest BCUT2D eigenvalue weighted by Crippen LogP contribution is -2.37. The second-order valence-corrected chi connectivity index (χ2v) is 5.93. The summed E-state index contributed by atoms with van der Waals surface area (Å²) in [4.78, 5) is 17.8. The summed E-state index contributed by atoms with van der Waals surface area (Å²) in [6.07, 6.45) is 3.18. The second-order valence-electron chi connectivity index (χ2n) is 5.93. The van der Waals surface area contributed by atoms with Crippen molar-refractivity contribution >= 4 is 11.8 Å². The predicted octanol–water partition coefficient (Wildman–Crippen LogP) is 1.59. The smallest absolute Gasteiger partial charge is 0.339 e. The lowest BCUT2D eigenvalue weighted by Gasteiger charge is -2.31. The molecule has 1 unspecified atom stereocenters. The summed E-state index contributed by atoms with van der Waals surface area (Å²) in [6.45, 7) is 5.80. The Morgan fingerprint density at radius 3 is 3.05 bits per heavy atom. The first kappa shape index (κ1) is 16.7. The van der Waals surface area contributed by atoms with Gasteiger partial charge in [-0.25, -0.2) is 9.78 Å². The molecule has 3 N–H and O–H groups in total. The molecule has 1 saturated heterocycles. The molecule has 6 heteroatoms. The summed E-state index contributed by atoms with van der Waals surface area (Å²) < 4.78 is 0. The van der Waals surface area contributed by atoms with E-state index in [-0.39, 0.29) is 12.2 Å². The maximum atomic E-state index is 11.2. The molecule has 0 amide bonds. The van der Waals surface area contributed by atoms with Gasteiger partial charge in [0.25, 0.3) is 0 Å². The number of aromatic carboxylic acids is 1. The van der Waals surface area contributed by atoms with Crippen LogP contribution in [0.25, 0.3) is 0 Å². The molecule has 1 atom stereocenters. The number of aliphatic hydroxyl groups excluding tert-OH is 1. The van der Waals surface area contributed by atoms with Gasteiger partial charge in [0.05, 0.1) is 0 Å². The molecule has 2 rings (SSSR count). The Labute approximate surface area is 131 Å². The quantitative estimate of drug-likeness (QED) is 0.663. The molecule has 0 bridgehead atoms. The van der Waals surface area contributed by atoms with Crippen molar-refractivity contribution in [1.82, 2.24) is 9.88 Å². The number of nitrogens with one attached hydrogen (secondary N) is 1. The number of carboxylic acids is 1. The number of carbonyl (C=O) groups is 1. The summed E-state index contributed by atoms with van der Waals surface area (Å²) in [5, 5.41) is 21.5. The molecule has 122 valence electrons. The highest BCUT2D eigenvalue weighted by Gasteiger charge is 2.18. The fourth-order valence-corrected chi connectivity index (χ4v) is 2.88. The van der Waals surface area contributed by atoms with Gasteiger partial charge in [-0.3, -0.25) is 0 Å². The molecular weight excluding hydrogens is 282 g/mol. The zero-order chi connectivity index (χ0) is 15.9. The highest BCUT2D eigenvalue weighted by Crippen LogP contribution is 2.16. The standard InChI is InChI=1S/C16H25N3O3/c1-12-5-6-14(16(21)22)15(18-12)17-7-3-9-19-8-2-4-13(10-19)11-20/h5-6,13,20H,2-4,7-11H2,1H3,(H,17,18)(H,21,22). The highest BCUT2D eigenvalue weighted by atomic mass is 16.4. The number of pyridine rings is 1. The molecule has 6 nitrogen and oxygen atoms in total. The van der Waals surface area contributed by atoms with E-state index < -0.39 is 5.97 Å². The molecule has 1 aromatic rings. The van der Waals surface area contributed by atoms with Crippen molar-refractivity contribution in [3.8, 4) is 0 Å². The summed E-state index contributed by atoms with van der Waals surface area (Å²) in [7, 11) is 0. The second kappa shape index (κ2) is 8.10. The number of hydrogen-bond donors (Lipinski definition) is 3. The molecule has 2 heterocycles. The van der Waals surface area contributed by atoms with E-state index in [1.54, 1.807) is 12.1 Å². The molecule has 1 aliphatic rings. The molecule has 22 heavy (non-hydrogen) atoms. The zero-order valence-corrected chi connectivity index (χ0v) is 13.1. The van der Waals surface area contributed by atoms with Gasteiger partial charge in [0.2, 0.25) is 0 Å². The summed E-state index contributed by atoms with van der Waals surface area (Å²) in [5.41, 5.74) is 1.01. The van der Waals surface area contributed by atoms with E-state index in [1.165, 1.54) is 0 Å². The summed E-state index contributed by atoms with van der Waals surface area (Å²) >= 11 is 0. The Morgan fingerprint density at radius 2 is 2.32 bits per heavy atom. The number of hydrogen-bond acceptors (Lipinski definition) is 5. The Morgan fingerprint density at radius 1 is 1.50 bits per heavy atom. The first-order valence-electron chi connectivity index (χ1n) is 7.88. The first-order valence-corrected chi connectivity index (χ1v) is 7.88. The van der Waals surface area contributed by atoms with Gasteiger partial charge < -0.3 is 20.4 Å². The van der Waals surface area contributed by atoms with Crippen LogP contribution in [0, 0.1) is 12.8 Å². The van der Waals surface area contributed by atoms with Crippen LogP contribution in [0.2, 0.25) is 0 Å². The first-order chi connectivity index (χ1) is 10.6. The number of rotatable bonds is 7. The van der Waals surface area contributed by atoms with Gasteiger partial charge in [0, 0.05) is 25.4 Å². The monoisotopic (exact) mass is 307 g/mol. The van der Waals surface area contributed by atoms with E-state index >= 15 is 0 Å². The summed E-state index contributed by atoms with van der Waals surface area (Å²) in [6, 6.07) is 3.29. The molecule has 0 spiro atoms. The van der Waals surface area contributed by atoms with Crippen LogP contribution in [0.15, 0.2) is 12.1 Å². The van der Waals surface area contributed by atoms with Crippen molar-refractivity contribution in [3.63, 3.8) is 0 Å². The fourth-order valence-electron chi connectivity index (χ4n) is 2.88. The number of likely N-dealkylation sites (tertiary alicyclic amines) is 1. The third-order valence-corrected chi connectivity index (χ3v) is 4.07. The molecule has 0 radical (unpaired) electrons. The van der Waals surface area contributed by atoms with Gasteiger partial charge in [-0.05, 0) is 57.3 Å².